The average molecular weight is 641 g/mol. The molecule has 10 aromatic carbocycles. The Labute approximate surface area is 302 Å². The first-order chi connectivity index (χ1) is 28.1. The molecule has 0 fully saturated rings. The van der Waals surface area contributed by atoms with Gasteiger partial charge in [-0.1, -0.05) is 176 Å². The van der Waals surface area contributed by atoms with Crippen LogP contribution in [0.1, 0.15) is 11.0 Å². The zero-order chi connectivity index (χ0) is 40.0. The molecule has 0 N–H and O–H groups in total. The van der Waals surface area contributed by atoms with Crippen molar-refractivity contribution in [3.8, 4) is 44.5 Å². The number of hydrogen-bond acceptors (Lipinski definition) is 0. The fourth-order valence-corrected chi connectivity index (χ4v) is 7.33. The maximum absolute atomic E-state index is 10.1. The summed E-state index contributed by atoms with van der Waals surface area (Å²) in [4.78, 5) is 0. The van der Waals surface area contributed by atoms with E-state index in [-0.39, 0.29) is 58.0 Å². The molecule has 0 nitrogen and oxygen atoms in total. The van der Waals surface area contributed by atoms with Gasteiger partial charge in [-0.25, -0.2) is 0 Å². The smallest absolute Gasteiger partial charge is 0.0616 e. The highest BCUT2D eigenvalue weighted by molar-refractivity contribution is 6.24. The van der Waals surface area contributed by atoms with Gasteiger partial charge in [0, 0.05) is 0 Å². The number of fused-ring (bicyclic) bond motifs is 5. The van der Waals surface area contributed by atoms with Crippen molar-refractivity contribution in [1.29, 1.82) is 0 Å². The summed E-state index contributed by atoms with van der Waals surface area (Å²) < 4.78 is 75.3. The molecule has 0 saturated carbocycles. The van der Waals surface area contributed by atoms with Crippen LogP contribution in [0.15, 0.2) is 194 Å². The van der Waals surface area contributed by atoms with Gasteiger partial charge in [0.2, 0.25) is 0 Å². The molecule has 0 heteroatoms. The molecule has 0 bridgehead atoms. The van der Waals surface area contributed by atoms with E-state index in [1.165, 1.54) is 0 Å². The molecule has 0 unspecified atom stereocenters. The van der Waals surface area contributed by atoms with E-state index in [0.717, 1.165) is 38.1 Å². The standard InChI is InChI=1S/C50H32/c1-3-13-38-30-40(26-22-33(38)10-1)35-20-24-37(25-21-35)49-45-17-7-8-18-46(45)50(44-19-9-15-36-12-5-6-16-43(36)44)47-29-28-42(32-48(47)49)41-27-23-34-11-2-4-14-39(34)31-41/h1-32H/i7D,8D,16D,17D,18D,28D,29D,32D. The van der Waals surface area contributed by atoms with Crippen molar-refractivity contribution in [3.63, 3.8) is 0 Å². The lowest BCUT2D eigenvalue weighted by Crippen LogP contribution is -1.92. The normalized spacial score (nSPS) is 13.8. The van der Waals surface area contributed by atoms with Gasteiger partial charge in [-0.3, -0.25) is 0 Å². The zero-order valence-corrected chi connectivity index (χ0v) is 26.9. The predicted octanol–water partition coefficient (Wildman–Crippen LogP) is 14.1. The second kappa shape index (κ2) is 11.6. The highest BCUT2D eigenvalue weighted by Crippen LogP contribution is 2.46. The first kappa shape index (κ1) is 21.5. The largest absolute Gasteiger partial charge is 0.0636 e. The second-order valence-electron chi connectivity index (χ2n) is 12.6. The van der Waals surface area contributed by atoms with Crippen molar-refractivity contribution in [2.75, 3.05) is 0 Å². The van der Waals surface area contributed by atoms with Gasteiger partial charge in [0.05, 0.1) is 11.0 Å². The van der Waals surface area contributed by atoms with Crippen molar-refractivity contribution >= 4 is 53.9 Å². The molecule has 10 aromatic rings. The lowest BCUT2D eigenvalue weighted by atomic mass is 9.83. The van der Waals surface area contributed by atoms with Gasteiger partial charge in [0.1, 0.15) is 0 Å². The van der Waals surface area contributed by atoms with Crippen LogP contribution in [0.25, 0.3) is 98.4 Å². The topological polar surface area (TPSA) is 0 Å². The Morgan fingerprint density at radius 2 is 0.840 bits per heavy atom. The zero-order valence-electron chi connectivity index (χ0n) is 34.9. The molecule has 0 aliphatic rings. The summed E-state index contributed by atoms with van der Waals surface area (Å²) in [5.74, 6) is 0. The highest BCUT2D eigenvalue weighted by atomic mass is 14.2. The second-order valence-corrected chi connectivity index (χ2v) is 12.6. The predicted molar refractivity (Wildman–Crippen MR) is 216 cm³/mol. The van der Waals surface area contributed by atoms with Gasteiger partial charge in [-0.15, -0.1) is 0 Å². The highest BCUT2D eigenvalue weighted by Gasteiger charge is 2.19. The van der Waals surface area contributed by atoms with Crippen molar-refractivity contribution in [3.05, 3.63) is 194 Å². The minimum Gasteiger partial charge on any atom is -0.0616 e. The molecular formula is C50H32. The maximum Gasteiger partial charge on any atom is 0.0636 e. The van der Waals surface area contributed by atoms with E-state index < -0.39 is 12.1 Å². The monoisotopic (exact) mass is 640 g/mol. The SMILES string of the molecule is [2H]c1c([2H])c([2H])c2c(-c3cccc4cccc([2H])c34)c3c([2H])c([2H])c(-c4ccc5ccccc5c4)c([2H])c3c(-c3ccc(-c4ccc5ccccc5c4)cc3)c2c1[2H]. The van der Waals surface area contributed by atoms with Crippen LogP contribution in [-0.2, 0) is 0 Å². The van der Waals surface area contributed by atoms with E-state index >= 15 is 0 Å². The molecule has 10 rings (SSSR count). The summed E-state index contributed by atoms with van der Waals surface area (Å²) >= 11 is 0. The van der Waals surface area contributed by atoms with Crippen LogP contribution in [-0.4, -0.2) is 0 Å². The lowest BCUT2D eigenvalue weighted by Gasteiger charge is -2.20. The van der Waals surface area contributed by atoms with Gasteiger partial charge in [0.25, 0.3) is 0 Å². The third-order valence-electron chi connectivity index (χ3n) is 9.76. The Morgan fingerprint density at radius 1 is 0.300 bits per heavy atom. The quantitative estimate of drug-likeness (QED) is 0.168. The van der Waals surface area contributed by atoms with E-state index in [1.807, 2.05) is 97.1 Å². The Morgan fingerprint density at radius 3 is 1.56 bits per heavy atom. The molecule has 0 aromatic heterocycles. The number of benzene rings is 10. The Balaban J connectivity index is 1.39. The summed E-state index contributed by atoms with van der Waals surface area (Å²) in [6, 6.07) is 45.1. The molecule has 0 aliphatic heterocycles. The van der Waals surface area contributed by atoms with Gasteiger partial charge in [-0.05, 0) is 117 Å². The van der Waals surface area contributed by atoms with E-state index in [1.54, 1.807) is 18.2 Å². The molecular weight excluding hydrogens is 601 g/mol. The molecule has 0 aliphatic carbocycles. The summed E-state index contributed by atoms with van der Waals surface area (Å²) in [7, 11) is 0. The number of rotatable bonds is 4. The van der Waals surface area contributed by atoms with E-state index in [0.29, 0.717) is 38.6 Å². The average Bonchev–Trinajstić information content (AvgIpc) is 3.25. The minimum atomic E-state index is -0.432. The van der Waals surface area contributed by atoms with Crippen LogP contribution in [0, 0.1) is 0 Å². The van der Waals surface area contributed by atoms with Gasteiger partial charge >= 0.3 is 0 Å². The molecule has 0 amide bonds. The Kier molecular flexibility index (Phi) is 4.97. The Hall–Kier alpha value is -6.50. The van der Waals surface area contributed by atoms with Crippen molar-refractivity contribution in [2.24, 2.45) is 0 Å². The van der Waals surface area contributed by atoms with Crippen LogP contribution in [0.5, 0.6) is 0 Å². The molecule has 232 valence electrons. The summed E-state index contributed by atoms with van der Waals surface area (Å²) in [5, 5.41) is 6.35. The third kappa shape index (κ3) is 4.69. The van der Waals surface area contributed by atoms with E-state index in [4.69, 9.17) is 4.11 Å². The minimum absolute atomic E-state index is 0.0261. The van der Waals surface area contributed by atoms with Crippen LogP contribution in [0.4, 0.5) is 0 Å². The fourth-order valence-electron chi connectivity index (χ4n) is 7.33. The summed E-state index contributed by atoms with van der Waals surface area (Å²) in [6.07, 6.45) is 0. The van der Waals surface area contributed by atoms with Crippen LogP contribution >= 0.6 is 0 Å². The summed E-state index contributed by atoms with van der Waals surface area (Å²) in [5.41, 5.74) is 4.58. The first-order valence-corrected chi connectivity index (χ1v) is 16.7. The molecule has 0 heterocycles. The van der Waals surface area contributed by atoms with Crippen molar-refractivity contribution in [1.82, 2.24) is 0 Å². The summed E-state index contributed by atoms with van der Waals surface area (Å²) in [6.45, 7) is 0. The first-order valence-electron chi connectivity index (χ1n) is 20.7. The molecule has 0 saturated heterocycles. The van der Waals surface area contributed by atoms with Gasteiger partial charge < -0.3 is 0 Å². The van der Waals surface area contributed by atoms with E-state index in [2.05, 4.69) is 30.3 Å². The van der Waals surface area contributed by atoms with Gasteiger partial charge in [-0.2, -0.15) is 0 Å². The molecule has 0 atom stereocenters. The van der Waals surface area contributed by atoms with Crippen molar-refractivity contribution in [2.45, 2.75) is 0 Å². The Bertz CT molecular complexity index is 3360. The molecule has 0 spiro atoms. The fraction of sp³-hybridized carbons (Fsp3) is 0. The van der Waals surface area contributed by atoms with Crippen LogP contribution < -0.4 is 0 Å². The number of hydrogen-bond donors (Lipinski definition) is 0. The molecule has 0 radical (unpaired) electrons. The van der Waals surface area contributed by atoms with Crippen molar-refractivity contribution < 1.29 is 11.0 Å². The molecule has 50 heavy (non-hydrogen) atoms. The van der Waals surface area contributed by atoms with E-state index in [9.17, 15) is 6.85 Å². The third-order valence-corrected chi connectivity index (χ3v) is 9.76. The lowest BCUT2D eigenvalue weighted by molar-refractivity contribution is 1.62. The van der Waals surface area contributed by atoms with Crippen LogP contribution in [0.3, 0.4) is 0 Å². The van der Waals surface area contributed by atoms with Gasteiger partial charge in [0.15, 0.2) is 0 Å². The maximum atomic E-state index is 10.1. The van der Waals surface area contributed by atoms with Crippen LogP contribution in [0.2, 0.25) is 0 Å².